The summed E-state index contributed by atoms with van der Waals surface area (Å²) in [6, 6.07) is 1.21. The molecule has 5 nitrogen and oxygen atoms in total. The minimum atomic E-state index is -0.341. The normalized spacial score (nSPS) is 10.8. The molecule has 12 heavy (non-hydrogen) atoms. The molecule has 0 saturated carbocycles. The molecule has 1 rings (SSSR count). The maximum atomic E-state index is 11.0. The van der Waals surface area contributed by atoms with E-state index in [-0.39, 0.29) is 11.1 Å². The van der Waals surface area contributed by atoms with E-state index in [9.17, 15) is 9.59 Å². The van der Waals surface area contributed by atoms with E-state index in [1.54, 1.807) is 6.08 Å². The van der Waals surface area contributed by atoms with Crippen molar-refractivity contribution < 1.29 is 0 Å². The van der Waals surface area contributed by atoms with Crippen molar-refractivity contribution in [3.05, 3.63) is 38.4 Å². The first-order valence-corrected chi connectivity index (χ1v) is 3.42. The standard InChI is InChI=1S/C7H9N3O2/c8-3-1-2-5-4-6(11)9-10-7(5)12/h1-2,4H,3,8H2,(H,9,11)(H,10,12). The fraction of sp³-hybridized carbons (Fsp3) is 0.143. The van der Waals surface area contributed by atoms with Gasteiger partial charge in [0.25, 0.3) is 11.1 Å². The lowest BCUT2D eigenvalue weighted by Crippen LogP contribution is -2.19. The number of hydrogen-bond acceptors (Lipinski definition) is 3. The van der Waals surface area contributed by atoms with Crippen LogP contribution in [0.4, 0.5) is 0 Å². The molecule has 0 amide bonds. The zero-order valence-electron chi connectivity index (χ0n) is 6.33. The predicted octanol–water partition coefficient (Wildman–Crippen LogP) is -0.965. The van der Waals surface area contributed by atoms with Crippen LogP contribution in [0.1, 0.15) is 5.56 Å². The number of nitrogens with two attached hydrogens (primary N) is 1. The molecule has 1 aromatic heterocycles. The summed E-state index contributed by atoms with van der Waals surface area (Å²) in [7, 11) is 0. The molecular weight excluding hydrogens is 158 g/mol. The van der Waals surface area contributed by atoms with Gasteiger partial charge in [0, 0.05) is 18.2 Å². The van der Waals surface area contributed by atoms with Gasteiger partial charge in [-0.05, 0) is 0 Å². The fourth-order valence-corrected chi connectivity index (χ4v) is 0.752. The Morgan fingerprint density at radius 3 is 2.83 bits per heavy atom. The average Bonchev–Trinajstić information content (AvgIpc) is 2.07. The first-order chi connectivity index (χ1) is 5.74. The van der Waals surface area contributed by atoms with Crippen molar-refractivity contribution in [1.82, 2.24) is 10.2 Å². The maximum absolute atomic E-state index is 11.0. The van der Waals surface area contributed by atoms with Crippen LogP contribution < -0.4 is 16.9 Å². The first-order valence-electron chi connectivity index (χ1n) is 3.42. The Kier molecular flexibility index (Phi) is 2.60. The lowest BCUT2D eigenvalue weighted by Gasteiger charge is -1.88. The molecule has 0 unspecified atom stereocenters. The van der Waals surface area contributed by atoms with Gasteiger partial charge in [-0.1, -0.05) is 12.2 Å². The molecule has 5 heteroatoms. The van der Waals surface area contributed by atoms with Gasteiger partial charge < -0.3 is 5.73 Å². The van der Waals surface area contributed by atoms with Crippen molar-refractivity contribution >= 4 is 6.08 Å². The molecule has 0 aromatic carbocycles. The number of nitrogens with one attached hydrogen (secondary N) is 2. The second-order valence-electron chi connectivity index (χ2n) is 2.18. The Morgan fingerprint density at radius 2 is 2.17 bits per heavy atom. The van der Waals surface area contributed by atoms with Crippen LogP contribution in [0.25, 0.3) is 6.08 Å². The number of rotatable bonds is 2. The van der Waals surface area contributed by atoms with Gasteiger partial charge in [0.2, 0.25) is 0 Å². The summed E-state index contributed by atoms with van der Waals surface area (Å²) in [5.74, 6) is 0. The fourth-order valence-electron chi connectivity index (χ4n) is 0.752. The molecule has 0 bridgehead atoms. The molecular formula is C7H9N3O2. The third kappa shape index (κ3) is 1.93. The van der Waals surface area contributed by atoms with Crippen LogP contribution in [0.5, 0.6) is 0 Å². The van der Waals surface area contributed by atoms with Crippen molar-refractivity contribution in [2.45, 2.75) is 0 Å². The highest BCUT2D eigenvalue weighted by Crippen LogP contribution is 1.86. The predicted molar refractivity (Wildman–Crippen MR) is 45.8 cm³/mol. The number of aromatic nitrogens is 2. The third-order valence-corrected chi connectivity index (χ3v) is 1.28. The van der Waals surface area contributed by atoms with Crippen molar-refractivity contribution in [2.75, 3.05) is 6.54 Å². The maximum Gasteiger partial charge on any atom is 0.269 e. The Balaban J connectivity index is 3.14. The van der Waals surface area contributed by atoms with E-state index in [2.05, 4.69) is 10.2 Å². The van der Waals surface area contributed by atoms with Crippen LogP contribution in [-0.2, 0) is 0 Å². The quantitative estimate of drug-likeness (QED) is 0.529. The molecule has 0 atom stereocenters. The molecule has 0 saturated heterocycles. The van der Waals surface area contributed by atoms with Gasteiger partial charge >= 0.3 is 0 Å². The van der Waals surface area contributed by atoms with Crippen LogP contribution in [0.3, 0.4) is 0 Å². The smallest absolute Gasteiger partial charge is 0.269 e. The van der Waals surface area contributed by atoms with Crippen molar-refractivity contribution in [2.24, 2.45) is 5.73 Å². The molecule has 0 aliphatic heterocycles. The molecule has 1 aromatic rings. The number of aromatic amines is 2. The summed E-state index contributed by atoms with van der Waals surface area (Å²) in [5.41, 5.74) is 4.81. The van der Waals surface area contributed by atoms with E-state index in [0.29, 0.717) is 12.1 Å². The van der Waals surface area contributed by atoms with E-state index >= 15 is 0 Å². The molecule has 4 N–H and O–H groups in total. The van der Waals surface area contributed by atoms with Crippen LogP contribution in [0, 0.1) is 0 Å². The van der Waals surface area contributed by atoms with E-state index in [1.165, 1.54) is 12.1 Å². The Bertz CT molecular complexity index is 388. The van der Waals surface area contributed by atoms with Gasteiger partial charge in [-0.2, -0.15) is 0 Å². The number of hydrogen-bond donors (Lipinski definition) is 3. The van der Waals surface area contributed by atoms with Gasteiger partial charge in [-0.15, -0.1) is 0 Å². The van der Waals surface area contributed by atoms with Crippen molar-refractivity contribution in [3.8, 4) is 0 Å². The highest BCUT2D eigenvalue weighted by Gasteiger charge is 1.93. The monoisotopic (exact) mass is 167 g/mol. The minimum absolute atomic E-state index is 0.309. The zero-order valence-corrected chi connectivity index (χ0v) is 6.33. The lowest BCUT2D eigenvalue weighted by molar-refractivity contribution is 0.947. The summed E-state index contributed by atoms with van der Waals surface area (Å²) in [5, 5.41) is 4.35. The highest BCUT2D eigenvalue weighted by atomic mass is 16.1. The van der Waals surface area contributed by atoms with Crippen molar-refractivity contribution in [1.29, 1.82) is 0 Å². The SMILES string of the molecule is NCC=Cc1cc(=O)[nH][nH]c1=O. The average molecular weight is 167 g/mol. The Hall–Kier alpha value is -1.62. The second-order valence-corrected chi connectivity index (χ2v) is 2.18. The van der Waals surface area contributed by atoms with Crippen LogP contribution in [-0.4, -0.2) is 16.7 Å². The van der Waals surface area contributed by atoms with Crippen LogP contribution in [0.2, 0.25) is 0 Å². The summed E-state index contributed by atoms with van der Waals surface area (Å²) < 4.78 is 0. The van der Waals surface area contributed by atoms with Gasteiger partial charge in [-0.3, -0.25) is 19.8 Å². The third-order valence-electron chi connectivity index (χ3n) is 1.28. The summed E-state index contributed by atoms with van der Waals surface area (Å²) in [4.78, 5) is 21.7. The summed E-state index contributed by atoms with van der Waals surface area (Å²) in [6.45, 7) is 0.340. The molecule has 0 aliphatic carbocycles. The zero-order chi connectivity index (χ0) is 8.97. The van der Waals surface area contributed by atoms with Crippen LogP contribution in [0.15, 0.2) is 21.7 Å². The highest BCUT2D eigenvalue weighted by molar-refractivity contribution is 5.46. The lowest BCUT2D eigenvalue weighted by atomic mass is 10.3. The Morgan fingerprint density at radius 1 is 1.42 bits per heavy atom. The molecule has 1 heterocycles. The topological polar surface area (TPSA) is 91.7 Å². The molecule has 0 aliphatic rings. The summed E-state index contributed by atoms with van der Waals surface area (Å²) in [6.07, 6.45) is 3.11. The van der Waals surface area contributed by atoms with Crippen LogP contribution >= 0.6 is 0 Å². The van der Waals surface area contributed by atoms with Gasteiger partial charge in [-0.25, -0.2) is 0 Å². The van der Waals surface area contributed by atoms with Crippen molar-refractivity contribution in [3.63, 3.8) is 0 Å². The van der Waals surface area contributed by atoms with Gasteiger partial charge in [0.05, 0.1) is 0 Å². The van der Waals surface area contributed by atoms with E-state index < -0.39 is 0 Å². The second kappa shape index (κ2) is 3.68. The van der Waals surface area contributed by atoms with E-state index in [1.807, 2.05) is 0 Å². The van der Waals surface area contributed by atoms with E-state index in [4.69, 9.17) is 5.73 Å². The molecule has 64 valence electrons. The molecule has 0 fully saturated rings. The summed E-state index contributed by atoms with van der Waals surface area (Å²) >= 11 is 0. The minimum Gasteiger partial charge on any atom is -0.327 e. The Labute approximate surface area is 67.9 Å². The molecule has 0 spiro atoms. The van der Waals surface area contributed by atoms with E-state index in [0.717, 1.165) is 0 Å². The van der Waals surface area contributed by atoms with Gasteiger partial charge in [0.1, 0.15) is 0 Å². The van der Waals surface area contributed by atoms with Gasteiger partial charge in [0.15, 0.2) is 0 Å². The largest absolute Gasteiger partial charge is 0.327 e. The number of H-pyrrole nitrogens is 2. The first kappa shape index (κ1) is 8.48. The molecule has 0 radical (unpaired) electrons.